The highest BCUT2D eigenvalue weighted by Gasteiger charge is 2.25. The summed E-state index contributed by atoms with van der Waals surface area (Å²) in [7, 11) is 0. The first-order chi connectivity index (χ1) is 9.51. The van der Waals surface area contributed by atoms with E-state index in [9.17, 15) is 9.59 Å². The Bertz CT molecular complexity index is 298. The van der Waals surface area contributed by atoms with Gasteiger partial charge in [0.15, 0.2) is 0 Å². The Morgan fingerprint density at radius 3 is 2.30 bits per heavy atom. The average molecular weight is 306 g/mol. The molecule has 0 aliphatic rings. The summed E-state index contributed by atoms with van der Waals surface area (Å²) in [4.78, 5) is 24.9. The molecule has 0 aromatic heterocycles. The van der Waals surface area contributed by atoms with Crippen LogP contribution in [-0.2, 0) is 4.79 Å². The van der Waals surface area contributed by atoms with Gasteiger partial charge in [-0.05, 0) is 31.3 Å². The number of hydrogen-bond donors (Lipinski definition) is 3. The van der Waals surface area contributed by atoms with Crippen LogP contribution in [0.1, 0.15) is 33.1 Å². The summed E-state index contributed by atoms with van der Waals surface area (Å²) in [5.74, 6) is -0.358. The minimum Gasteiger partial charge on any atom is -0.480 e. The summed E-state index contributed by atoms with van der Waals surface area (Å²) in [5.41, 5.74) is 0. The zero-order chi connectivity index (χ0) is 15.5. The number of hydrogen-bond acceptors (Lipinski definition) is 4. The predicted octanol–water partition coefficient (Wildman–Crippen LogP) is 1.39. The molecule has 0 saturated carbocycles. The summed E-state index contributed by atoms with van der Waals surface area (Å²) in [6, 6.07) is -1.29. The molecule has 118 valence electrons. The number of aliphatic hydroxyl groups is 1. The second-order valence-corrected chi connectivity index (χ2v) is 5.49. The van der Waals surface area contributed by atoms with Crippen LogP contribution in [0.25, 0.3) is 0 Å². The number of thioether (sulfide) groups is 1. The molecule has 2 amide bonds. The van der Waals surface area contributed by atoms with Crippen molar-refractivity contribution < 1.29 is 19.8 Å². The number of carboxylic acids is 1. The number of aliphatic carboxylic acids is 1. The maximum Gasteiger partial charge on any atom is 0.326 e. The highest BCUT2D eigenvalue weighted by Crippen LogP contribution is 2.10. The molecule has 7 heteroatoms. The Morgan fingerprint density at radius 1 is 1.30 bits per heavy atom. The number of amides is 2. The van der Waals surface area contributed by atoms with E-state index >= 15 is 0 Å². The number of carboxylic acid groups (broad SMARTS) is 1. The lowest BCUT2D eigenvalue weighted by Gasteiger charge is -2.31. The molecule has 0 unspecified atom stereocenters. The van der Waals surface area contributed by atoms with E-state index in [1.54, 1.807) is 11.8 Å². The Hall–Kier alpha value is -0.950. The molecule has 20 heavy (non-hydrogen) atoms. The van der Waals surface area contributed by atoms with Gasteiger partial charge in [0.1, 0.15) is 6.04 Å². The zero-order valence-electron chi connectivity index (χ0n) is 12.5. The second kappa shape index (κ2) is 10.8. The van der Waals surface area contributed by atoms with Crippen molar-refractivity contribution in [3.05, 3.63) is 0 Å². The third-order valence-electron chi connectivity index (χ3n) is 3.19. The van der Waals surface area contributed by atoms with Crippen molar-refractivity contribution in [3.8, 4) is 0 Å². The van der Waals surface area contributed by atoms with E-state index in [-0.39, 0.29) is 19.2 Å². The number of rotatable bonds is 10. The van der Waals surface area contributed by atoms with Crippen molar-refractivity contribution in [2.24, 2.45) is 0 Å². The van der Waals surface area contributed by atoms with Crippen LogP contribution in [0.3, 0.4) is 0 Å². The molecule has 6 nitrogen and oxygen atoms in total. The van der Waals surface area contributed by atoms with E-state index < -0.39 is 18.0 Å². The van der Waals surface area contributed by atoms with Crippen molar-refractivity contribution in [1.82, 2.24) is 10.2 Å². The van der Waals surface area contributed by atoms with Crippen LogP contribution < -0.4 is 5.32 Å². The highest BCUT2D eigenvalue weighted by molar-refractivity contribution is 7.98. The number of urea groups is 1. The molecule has 3 N–H and O–H groups in total. The van der Waals surface area contributed by atoms with Gasteiger partial charge in [0.05, 0.1) is 6.61 Å². The van der Waals surface area contributed by atoms with Gasteiger partial charge < -0.3 is 20.4 Å². The number of carbonyl (C=O) groups excluding carboxylic acids is 1. The molecule has 0 heterocycles. The zero-order valence-corrected chi connectivity index (χ0v) is 13.3. The van der Waals surface area contributed by atoms with E-state index in [2.05, 4.69) is 5.32 Å². The third kappa shape index (κ3) is 6.47. The van der Waals surface area contributed by atoms with E-state index in [1.165, 1.54) is 4.90 Å². The average Bonchev–Trinajstić information content (AvgIpc) is 2.43. The summed E-state index contributed by atoms with van der Waals surface area (Å²) >= 11 is 1.54. The minimum absolute atomic E-state index is 0.0112. The molecule has 0 bridgehead atoms. The third-order valence-corrected chi connectivity index (χ3v) is 3.84. The molecule has 0 fully saturated rings. The Kier molecular flexibility index (Phi) is 10.3. The molecule has 0 aliphatic carbocycles. The molecule has 0 aliphatic heterocycles. The van der Waals surface area contributed by atoms with Crippen molar-refractivity contribution in [1.29, 1.82) is 0 Å². The van der Waals surface area contributed by atoms with Crippen LogP contribution in [0.2, 0.25) is 0 Å². The lowest BCUT2D eigenvalue weighted by Crippen LogP contribution is -2.52. The van der Waals surface area contributed by atoms with Crippen LogP contribution in [0.4, 0.5) is 4.79 Å². The summed E-state index contributed by atoms with van der Waals surface area (Å²) in [5, 5.41) is 20.7. The van der Waals surface area contributed by atoms with Crippen molar-refractivity contribution in [2.75, 3.05) is 25.2 Å². The van der Waals surface area contributed by atoms with Gasteiger partial charge in [-0.15, -0.1) is 0 Å². The van der Waals surface area contributed by atoms with Gasteiger partial charge in [-0.2, -0.15) is 11.8 Å². The van der Waals surface area contributed by atoms with Crippen molar-refractivity contribution in [2.45, 2.75) is 45.2 Å². The number of carbonyl (C=O) groups is 2. The van der Waals surface area contributed by atoms with Crippen LogP contribution >= 0.6 is 11.8 Å². The molecule has 0 saturated heterocycles. The first-order valence-corrected chi connectivity index (χ1v) is 8.30. The molecular formula is C13H26N2O4S. The minimum atomic E-state index is -1.03. The Balaban J connectivity index is 4.73. The molecular weight excluding hydrogens is 280 g/mol. The fraction of sp³-hybridized carbons (Fsp3) is 0.846. The van der Waals surface area contributed by atoms with Gasteiger partial charge in [0.2, 0.25) is 0 Å². The second-order valence-electron chi connectivity index (χ2n) is 4.51. The summed E-state index contributed by atoms with van der Waals surface area (Å²) in [6.07, 6.45) is 3.82. The monoisotopic (exact) mass is 306 g/mol. The first-order valence-electron chi connectivity index (χ1n) is 6.91. The van der Waals surface area contributed by atoms with Crippen molar-refractivity contribution in [3.63, 3.8) is 0 Å². The highest BCUT2D eigenvalue weighted by atomic mass is 32.2. The van der Waals surface area contributed by atoms with E-state index in [0.29, 0.717) is 12.2 Å². The predicted molar refractivity (Wildman–Crippen MR) is 81.1 cm³/mol. The van der Waals surface area contributed by atoms with Crippen LogP contribution in [0, 0.1) is 0 Å². The fourth-order valence-electron chi connectivity index (χ4n) is 2.01. The molecule has 0 radical (unpaired) electrons. The van der Waals surface area contributed by atoms with Gasteiger partial charge in [-0.3, -0.25) is 0 Å². The quantitative estimate of drug-likeness (QED) is 0.567. The van der Waals surface area contributed by atoms with Crippen LogP contribution in [-0.4, -0.2) is 64.4 Å². The molecule has 1 atom stereocenters. The van der Waals surface area contributed by atoms with E-state index in [4.69, 9.17) is 10.2 Å². The molecule has 0 spiro atoms. The SMILES string of the molecule is CCC(CC)N(CCO)C(=O)N[C@@H](CCSC)C(=O)O. The molecule has 0 rings (SSSR count). The number of nitrogens with zero attached hydrogens (tertiary/aromatic N) is 1. The summed E-state index contributed by atoms with van der Waals surface area (Å²) in [6.45, 7) is 4.02. The van der Waals surface area contributed by atoms with E-state index in [0.717, 1.165) is 12.8 Å². The fourth-order valence-corrected chi connectivity index (χ4v) is 2.48. The topological polar surface area (TPSA) is 89.9 Å². The molecule has 0 aromatic carbocycles. The van der Waals surface area contributed by atoms with Gasteiger partial charge in [0, 0.05) is 12.6 Å². The van der Waals surface area contributed by atoms with Crippen molar-refractivity contribution >= 4 is 23.8 Å². The van der Waals surface area contributed by atoms with Gasteiger partial charge in [-0.1, -0.05) is 13.8 Å². The first kappa shape index (κ1) is 19.1. The maximum absolute atomic E-state index is 12.2. The van der Waals surface area contributed by atoms with Crippen LogP contribution in [0.15, 0.2) is 0 Å². The largest absolute Gasteiger partial charge is 0.480 e. The lowest BCUT2D eigenvalue weighted by molar-refractivity contribution is -0.139. The normalized spacial score (nSPS) is 12.2. The maximum atomic E-state index is 12.2. The Morgan fingerprint density at radius 2 is 1.90 bits per heavy atom. The van der Waals surface area contributed by atoms with E-state index in [1.807, 2.05) is 20.1 Å². The standard InChI is InChI=1S/C13H26N2O4S/c1-4-10(5-2)15(7-8-16)13(19)14-11(12(17)18)6-9-20-3/h10-11,16H,4-9H2,1-3H3,(H,14,19)(H,17,18)/t11-/m0/s1. The van der Waals surface area contributed by atoms with Gasteiger partial charge in [0.25, 0.3) is 0 Å². The number of aliphatic hydroxyl groups excluding tert-OH is 1. The smallest absolute Gasteiger partial charge is 0.326 e. The van der Waals surface area contributed by atoms with Gasteiger partial charge >= 0.3 is 12.0 Å². The Labute approximate surface area is 124 Å². The van der Waals surface area contributed by atoms with Gasteiger partial charge in [-0.25, -0.2) is 9.59 Å². The summed E-state index contributed by atoms with van der Waals surface area (Å²) < 4.78 is 0. The van der Waals surface area contributed by atoms with Crippen LogP contribution in [0.5, 0.6) is 0 Å². The lowest BCUT2D eigenvalue weighted by atomic mass is 10.1. The number of nitrogens with one attached hydrogen (secondary N) is 1. The molecule has 0 aromatic rings.